The van der Waals surface area contributed by atoms with Gasteiger partial charge in [0.05, 0.1) is 0 Å². The Bertz CT molecular complexity index is 487. The van der Waals surface area contributed by atoms with Gasteiger partial charge in [-0.2, -0.15) is 0 Å². The Morgan fingerprint density at radius 2 is 1.26 bits per heavy atom. The first-order valence-electron chi connectivity index (χ1n) is 11.3. The van der Waals surface area contributed by atoms with E-state index in [4.69, 9.17) is 0 Å². The van der Waals surface area contributed by atoms with Crippen LogP contribution in [0.1, 0.15) is 110 Å². The van der Waals surface area contributed by atoms with Crippen molar-refractivity contribution in [3.05, 3.63) is 24.3 Å². The summed E-state index contributed by atoms with van der Waals surface area (Å²) < 4.78 is 0. The number of aromatic hydroxyl groups is 1. The summed E-state index contributed by atoms with van der Waals surface area (Å²) in [6, 6.07) is 6.71. The summed E-state index contributed by atoms with van der Waals surface area (Å²) in [5.74, 6) is 0.218. The van der Waals surface area contributed by atoms with Crippen molar-refractivity contribution in [2.45, 2.75) is 110 Å². The maximum absolute atomic E-state index is 11.9. The first kappa shape index (κ1) is 23.5. The number of phenols is 1. The number of amides is 1. The van der Waals surface area contributed by atoms with E-state index in [9.17, 15) is 9.90 Å². The van der Waals surface area contributed by atoms with Gasteiger partial charge in [0.1, 0.15) is 5.75 Å². The number of phenolic OH excluding ortho intramolecular Hbond substituents is 1. The van der Waals surface area contributed by atoms with Gasteiger partial charge in [0, 0.05) is 18.2 Å². The zero-order valence-corrected chi connectivity index (χ0v) is 17.5. The topological polar surface area (TPSA) is 49.3 Å². The van der Waals surface area contributed by atoms with E-state index in [0.29, 0.717) is 12.1 Å². The normalized spacial score (nSPS) is 10.9. The Kier molecular flexibility index (Phi) is 14.5. The fourth-order valence-electron chi connectivity index (χ4n) is 3.46. The lowest BCUT2D eigenvalue weighted by Gasteiger charge is -2.06. The molecule has 154 valence electrons. The fourth-order valence-corrected chi connectivity index (χ4v) is 3.46. The highest BCUT2D eigenvalue weighted by molar-refractivity contribution is 5.90. The summed E-state index contributed by atoms with van der Waals surface area (Å²) in [5, 5.41) is 12.2. The Hall–Kier alpha value is -1.51. The molecule has 0 aromatic heterocycles. The molecule has 0 unspecified atom stereocenters. The molecule has 27 heavy (non-hydrogen) atoms. The average Bonchev–Trinajstić information content (AvgIpc) is 2.65. The minimum Gasteiger partial charge on any atom is -0.508 e. The minimum atomic E-state index is 0.0373. The molecule has 1 rings (SSSR count). The van der Waals surface area contributed by atoms with E-state index in [1.54, 1.807) is 24.3 Å². The summed E-state index contributed by atoms with van der Waals surface area (Å²) in [5.41, 5.74) is 0.668. The summed E-state index contributed by atoms with van der Waals surface area (Å²) >= 11 is 0. The maximum Gasteiger partial charge on any atom is 0.224 e. The van der Waals surface area contributed by atoms with Gasteiger partial charge in [-0.05, 0) is 18.6 Å². The van der Waals surface area contributed by atoms with Crippen molar-refractivity contribution in [2.75, 3.05) is 5.32 Å². The fraction of sp³-hybridized carbons (Fsp3) is 0.708. The molecule has 0 heterocycles. The lowest BCUT2D eigenvalue weighted by Crippen LogP contribution is -2.10. The van der Waals surface area contributed by atoms with E-state index in [1.165, 1.54) is 83.5 Å². The molecule has 0 spiro atoms. The van der Waals surface area contributed by atoms with Crippen molar-refractivity contribution in [3.8, 4) is 5.75 Å². The van der Waals surface area contributed by atoms with Crippen molar-refractivity contribution < 1.29 is 9.90 Å². The second kappa shape index (κ2) is 16.6. The van der Waals surface area contributed by atoms with Crippen LogP contribution in [0.3, 0.4) is 0 Å². The van der Waals surface area contributed by atoms with Crippen LogP contribution in [0.5, 0.6) is 5.75 Å². The SMILES string of the molecule is CCCCCCCCCCCCCCCCCC(=O)Nc1cccc(O)c1. The van der Waals surface area contributed by atoms with E-state index >= 15 is 0 Å². The van der Waals surface area contributed by atoms with Crippen LogP contribution in [0.4, 0.5) is 5.69 Å². The predicted octanol–water partition coefficient (Wildman–Crippen LogP) is 7.59. The third-order valence-electron chi connectivity index (χ3n) is 5.14. The lowest BCUT2D eigenvalue weighted by atomic mass is 10.0. The lowest BCUT2D eigenvalue weighted by molar-refractivity contribution is -0.116. The second-order valence-corrected chi connectivity index (χ2v) is 7.80. The summed E-state index contributed by atoms with van der Waals surface area (Å²) in [4.78, 5) is 11.9. The highest BCUT2D eigenvalue weighted by atomic mass is 16.3. The van der Waals surface area contributed by atoms with Gasteiger partial charge >= 0.3 is 0 Å². The number of benzene rings is 1. The van der Waals surface area contributed by atoms with Gasteiger partial charge in [-0.15, -0.1) is 0 Å². The van der Waals surface area contributed by atoms with Gasteiger partial charge in [0.2, 0.25) is 5.91 Å². The van der Waals surface area contributed by atoms with Crippen LogP contribution in [0, 0.1) is 0 Å². The van der Waals surface area contributed by atoms with Crippen LogP contribution in [-0.4, -0.2) is 11.0 Å². The van der Waals surface area contributed by atoms with Crippen molar-refractivity contribution in [1.82, 2.24) is 0 Å². The molecule has 3 nitrogen and oxygen atoms in total. The summed E-state index contributed by atoms with van der Waals surface area (Å²) in [7, 11) is 0. The number of carbonyl (C=O) groups is 1. The number of hydrogen-bond donors (Lipinski definition) is 2. The molecule has 3 heteroatoms. The highest BCUT2D eigenvalue weighted by Crippen LogP contribution is 2.16. The molecule has 0 fully saturated rings. The third kappa shape index (κ3) is 14.2. The second-order valence-electron chi connectivity index (χ2n) is 7.80. The molecule has 2 N–H and O–H groups in total. The molecule has 0 aliphatic rings. The molecule has 0 aliphatic carbocycles. The Labute approximate surface area is 167 Å². The standard InChI is InChI=1S/C24H41NO2/c1-2-3-4-5-6-7-8-9-10-11-12-13-14-15-16-20-24(27)25-22-18-17-19-23(26)21-22/h17-19,21,26H,2-16,20H2,1H3,(H,25,27). The van der Waals surface area contributed by atoms with Crippen LogP contribution >= 0.6 is 0 Å². The van der Waals surface area contributed by atoms with Crippen molar-refractivity contribution in [1.29, 1.82) is 0 Å². The van der Waals surface area contributed by atoms with Gasteiger partial charge in [0.15, 0.2) is 0 Å². The number of unbranched alkanes of at least 4 members (excludes halogenated alkanes) is 14. The van der Waals surface area contributed by atoms with Crippen LogP contribution in [0.2, 0.25) is 0 Å². The summed E-state index contributed by atoms with van der Waals surface area (Å²) in [6.45, 7) is 2.27. The monoisotopic (exact) mass is 375 g/mol. The van der Waals surface area contributed by atoms with E-state index in [1.807, 2.05) is 0 Å². The van der Waals surface area contributed by atoms with Crippen LogP contribution in [0.25, 0.3) is 0 Å². The molecular weight excluding hydrogens is 334 g/mol. The van der Waals surface area contributed by atoms with Gasteiger partial charge in [-0.25, -0.2) is 0 Å². The van der Waals surface area contributed by atoms with Crippen molar-refractivity contribution >= 4 is 11.6 Å². The predicted molar refractivity (Wildman–Crippen MR) is 116 cm³/mol. The zero-order chi connectivity index (χ0) is 19.6. The quantitative estimate of drug-likeness (QED) is 0.275. The molecule has 0 aliphatic heterocycles. The first-order valence-corrected chi connectivity index (χ1v) is 11.3. The van der Waals surface area contributed by atoms with Gasteiger partial charge in [-0.3, -0.25) is 4.79 Å². The van der Waals surface area contributed by atoms with E-state index in [0.717, 1.165) is 12.8 Å². The number of carbonyl (C=O) groups excluding carboxylic acids is 1. The minimum absolute atomic E-state index is 0.0373. The smallest absolute Gasteiger partial charge is 0.224 e. The number of nitrogens with one attached hydrogen (secondary N) is 1. The first-order chi connectivity index (χ1) is 13.2. The molecule has 0 bridgehead atoms. The Morgan fingerprint density at radius 1 is 0.778 bits per heavy atom. The third-order valence-corrected chi connectivity index (χ3v) is 5.14. The highest BCUT2D eigenvalue weighted by Gasteiger charge is 2.02. The van der Waals surface area contributed by atoms with E-state index in [2.05, 4.69) is 12.2 Å². The molecule has 0 atom stereocenters. The molecular formula is C24H41NO2. The molecule has 1 aromatic carbocycles. The van der Waals surface area contributed by atoms with Crippen molar-refractivity contribution in [3.63, 3.8) is 0 Å². The van der Waals surface area contributed by atoms with Crippen LogP contribution in [0.15, 0.2) is 24.3 Å². The molecule has 1 aromatic rings. The summed E-state index contributed by atoms with van der Waals surface area (Å²) in [6.07, 6.45) is 20.5. The number of hydrogen-bond acceptors (Lipinski definition) is 2. The van der Waals surface area contributed by atoms with E-state index < -0.39 is 0 Å². The van der Waals surface area contributed by atoms with E-state index in [-0.39, 0.29) is 11.7 Å². The number of anilines is 1. The largest absolute Gasteiger partial charge is 0.508 e. The molecule has 0 radical (unpaired) electrons. The van der Waals surface area contributed by atoms with Crippen molar-refractivity contribution in [2.24, 2.45) is 0 Å². The Morgan fingerprint density at radius 3 is 1.74 bits per heavy atom. The molecule has 0 saturated carbocycles. The maximum atomic E-state index is 11.9. The van der Waals surface area contributed by atoms with Crippen LogP contribution in [-0.2, 0) is 4.79 Å². The molecule has 1 amide bonds. The van der Waals surface area contributed by atoms with Crippen LogP contribution < -0.4 is 5.32 Å². The average molecular weight is 376 g/mol. The molecule has 0 saturated heterocycles. The zero-order valence-electron chi connectivity index (χ0n) is 17.5. The number of rotatable bonds is 17. The van der Waals surface area contributed by atoms with Gasteiger partial charge < -0.3 is 10.4 Å². The van der Waals surface area contributed by atoms with Gasteiger partial charge in [0.25, 0.3) is 0 Å². The Balaban J connectivity index is 1.82. The van der Waals surface area contributed by atoms with Gasteiger partial charge in [-0.1, -0.05) is 103 Å².